The molecule has 0 aliphatic heterocycles. The Kier molecular flexibility index (Phi) is 5.49. The van der Waals surface area contributed by atoms with Gasteiger partial charge in [0.2, 0.25) is 0 Å². The van der Waals surface area contributed by atoms with Crippen molar-refractivity contribution in [1.82, 2.24) is 0 Å². The molecule has 0 amide bonds. The van der Waals surface area contributed by atoms with E-state index >= 15 is 0 Å². The van der Waals surface area contributed by atoms with Crippen LogP contribution < -0.4 is 0 Å². The highest BCUT2D eigenvalue weighted by Crippen LogP contribution is 2.19. The lowest BCUT2D eigenvalue weighted by molar-refractivity contribution is 0.0572. The van der Waals surface area contributed by atoms with Crippen LogP contribution in [0.3, 0.4) is 0 Å². The van der Waals surface area contributed by atoms with Crippen LogP contribution in [0.1, 0.15) is 20.7 Å². The third-order valence-electron chi connectivity index (χ3n) is 3.15. The summed E-state index contributed by atoms with van der Waals surface area (Å²) in [6, 6.07) is 17.6. The van der Waals surface area contributed by atoms with Crippen molar-refractivity contribution in [3.63, 3.8) is 0 Å². The first-order valence-corrected chi connectivity index (χ1v) is 9.74. The van der Waals surface area contributed by atoms with E-state index in [9.17, 15) is 9.59 Å². The van der Waals surface area contributed by atoms with Crippen LogP contribution >= 0.6 is 0 Å². The average molecular weight is 326 g/mol. The minimum absolute atomic E-state index is 0.324. The zero-order valence-corrected chi connectivity index (χ0v) is 13.9. The van der Waals surface area contributed by atoms with Crippen molar-refractivity contribution in [2.75, 3.05) is 0 Å². The summed E-state index contributed by atoms with van der Waals surface area (Å²) in [5.74, 6) is -0.995. The summed E-state index contributed by atoms with van der Waals surface area (Å²) in [5, 5.41) is 0. The largest absolute Gasteiger partial charge is 0.481 e. The van der Waals surface area contributed by atoms with Gasteiger partial charge in [-0.2, -0.15) is 0 Å². The Morgan fingerprint density at radius 1 is 0.913 bits per heavy atom. The molecule has 118 valence electrons. The maximum Gasteiger partial charge on any atom is 0.465 e. The van der Waals surface area contributed by atoms with Crippen LogP contribution in [0, 0.1) is 0 Å². The van der Waals surface area contributed by atoms with E-state index < -0.39 is 20.5 Å². The number of carbonyl (C=O) groups excluding carboxylic acids is 2. The third-order valence-corrected chi connectivity index (χ3v) is 5.42. The molecule has 0 saturated heterocycles. The van der Waals surface area contributed by atoms with Gasteiger partial charge in [-0.1, -0.05) is 42.5 Å². The van der Waals surface area contributed by atoms with Crippen LogP contribution in [0.25, 0.3) is 0 Å². The molecule has 0 spiro atoms. The monoisotopic (exact) mass is 326 g/mol. The van der Waals surface area contributed by atoms with Crippen molar-refractivity contribution in [1.29, 1.82) is 0 Å². The highest BCUT2D eigenvalue weighted by molar-refractivity contribution is 6.70. The summed E-state index contributed by atoms with van der Waals surface area (Å²) in [6.45, 7) is 5.33. The van der Waals surface area contributed by atoms with E-state index in [-0.39, 0.29) is 0 Å². The average Bonchev–Trinajstić information content (AvgIpc) is 2.56. The Balaban J connectivity index is 2.13. The molecule has 0 N–H and O–H groups in total. The molecule has 2 rings (SSSR count). The quantitative estimate of drug-likeness (QED) is 0.595. The van der Waals surface area contributed by atoms with E-state index in [2.05, 4.69) is 6.58 Å². The Bertz CT molecular complexity index is 629. The Labute approximate surface area is 136 Å². The smallest absolute Gasteiger partial charge is 0.465 e. The second kappa shape index (κ2) is 7.55. The molecular formula is C18H18O4Si. The zero-order chi connectivity index (χ0) is 16.7. The van der Waals surface area contributed by atoms with Gasteiger partial charge in [0, 0.05) is 12.6 Å². The molecule has 5 heteroatoms. The van der Waals surface area contributed by atoms with E-state index in [1.54, 1.807) is 61.2 Å². The van der Waals surface area contributed by atoms with Crippen LogP contribution in [0.2, 0.25) is 12.6 Å². The molecule has 0 radical (unpaired) electrons. The standard InChI is InChI=1S/C18H18O4Si/c1-3-14-23(2,21-17(19)15-10-6-4-7-11-15)22-18(20)16-12-8-5-9-13-16/h3-13H,1,14H2,2H3. The van der Waals surface area contributed by atoms with Gasteiger partial charge in [0.1, 0.15) is 0 Å². The van der Waals surface area contributed by atoms with E-state index in [0.717, 1.165) is 0 Å². The van der Waals surface area contributed by atoms with Gasteiger partial charge in [-0.15, -0.1) is 6.58 Å². The number of allylic oxidation sites excluding steroid dienone is 1. The molecule has 0 unspecified atom stereocenters. The molecule has 0 heterocycles. The zero-order valence-electron chi connectivity index (χ0n) is 12.9. The van der Waals surface area contributed by atoms with E-state index in [1.165, 1.54) is 0 Å². The molecule has 0 bridgehead atoms. The summed E-state index contributed by atoms with van der Waals surface area (Å²) in [6.07, 6.45) is 1.60. The molecule has 4 nitrogen and oxygen atoms in total. The van der Waals surface area contributed by atoms with Crippen molar-refractivity contribution in [2.45, 2.75) is 12.6 Å². The molecule has 2 aromatic rings. The van der Waals surface area contributed by atoms with Crippen molar-refractivity contribution in [2.24, 2.45) is 0 Å². The minimum atomic E-state index is -3.06. The predicted molar refractivity (Wildman–Crippen MR) is 90.3 cm³/mol. The first kappa shape index (κ1) is 16.7. The lowest BCUT2D eigenvalue weighted by Crippen LogP contribution is -2.42. The minimum Gasteiger partial charge on any atom is -0.481 e. The first-order chi connectivity index (χ1) is 11.0. The fourth-order valence-corrected chi connectivity index (χ4v) is 3.78. The molecule has 2 aromatic carbocycles. The first-order valence-electron chi connectivity index (χ1n) is 7.22. The molecule has 23 heavy (non-hydrogen) atoms. The fourth-order valence-electron chi connectivity index (χ4n) is 2.02. The SMILES string of the molecule is C=CC[Si](C)(OC(=O)c1ccccc1)OC(=O)c1ccccc1. The Hall–Kier alpha value is -2.66. The van der Waals surface area contributed by atoms with Crippen LogP contribution in [-0.2, 0) is 8.85 Å². The normalized spacial score (nSPS) is 10.7. The molecule has 0 atom stereocenters. The summed E-state index contributed by atoms with van der Waals surface area (Å²) < 4.78 is 11.1. The number of benzene rings is 2. The summed E-state index contributed by atoms with van der Waals surface area (Å²) in [4.78, 5) is 24.5. The Morgan fingerprint density at radius 2 is 1.30 bits per heavy atom. The number of rotatable bonds is 6. The summed E-state index contributed by atoms with van der Waals surface area (Å²) >= 11 is 0. The van der Waals surface area contributed by atoms with Crippen molar-refractivity contribution in [3.8, 4) is 0 Å². The van der Waals surface area contributed by atoms with Gasteiger partial charge >= 0.3 is 20.5 Å². The van der Waals surface area contributed by atoms with Gasteiger partial charge in [0.05, 0.1) is 11.1 Å². The van der Waals surface area contributed by atoms with E-state index in [4.69, 9.17) is 8.85 Å². The van der Waals surface area contributed by atoms with Gasteiger partial charge in [-0.3, -0.25) is 0 Å². The van der Waals surface area contributed by atoms with E-state index in [1.807, 2.05) is 12.1 Å². The second-order valence-electron chi connectivity index (χ2n) is 5.14. The van der Waals surface area contributed by atoms with Crippen LogP contribution in [0.4, 0.5) is 0 Å². The highest BCUT2D eigenvalue weighted by Gasteiger charge is 2.39. The van der Waals surface area contributed by atoms with Gasteiger partial charge in [0.15, 0.2) is 0 Å². The summed E-state index contributed by atoms with van der Waals surface area (Å²) in [5.41, 5.74) is 0.845. The topological polar surface area (TPSA) is 52.6 Å². The van der Waals surface area contributed by atoms with Crippen LogP contribution in [0.15, 0.2) is 73.3 Å². The third kappa shape index (κ3) is 4.65. The molecular weight excluding hydrogens is 308 g/mol. The summed E-state index contributed by atoms with van der Waals surface area (Å²) in [7, 11) is -3.06. The van der Waals surface area contributed by atoms with Gasteiger partial charge in [-0.05, 0) is 24.3 Å². The maximum absolute atomic E-state index is 12.2. The van der Waals surface area contributed by atoms with Crippen molar-refractivity contribution >= 4 is 20.5 Å². The highest BCUT2D eigenvalue weighted by atomic mass is 28.4. The fraction of sp³-hybridized carbons (Fsp3) is 0.111. The molecule has 0 aliphatic rings. The van der Waals surface area contributed by atoms with Crippen molar-refractivity contribution in [3.05, 3.63) is 84.4 Å². The second-order valence-corrected chi connectivity index (χ2v) is 8.22. The number of hydrogen-bond donors (Lipinski definition) is 0. The van der Waals surface area contributed by atoms with Crippen LogP contribution in [0.5, 0.6) is 0 Å². The van der Waals surface area contributed by atoms with Crippen molar-refractivity contribution < 1.29 is 18.4 Å². The number of carbonyl (C=O) groups is 2. The molecule has 0 fully saturated rings. The number of hydrogen-bond acceptors (Lipinski definition) is 4. The van der Waals surface area contributed by atoms with Crippen LogP contribution in [-0.4, -0.2) is 20.5 Å². The molecule has 0 saturated carbocycles. The van der Waals surface area contributed by atoms with Gasteiger partial charge < -0.3 is 8.85 Å². The lowest BCUT2D eigenvalue weighted by Gasteiger charge is -2.25. The predicted octanol–water partition coefficient (Wildman–Crippen LogP) is 3.96. The van der Waals surface area contributed by atoms with Gasteiger partial charge in [-0.25, -0.2) is 9.59 Å². The molecule has 0 aliphatic carbocycles. The van der Waals surface area contributed by atoms with Gasteiger partial charge in [0.25, 0.3) is 0 Å². The lowest BCUT2D eigenvalue weighted by atomic mass is 10.2. The molecule has 0 aromatic heterocycles. The Morgan fingerprint density at radius 3 is 1.65 bits per heavy atom. The maximum atomic E-state index is 12.2. The van der Waals surface area contributed by atoms with E-state index in [0.29, 0.717) is 17.2 Å².